The third-order valence-corrected chi connectivity index (χ3v) is 3.01. The maximum absolute atomic E-state index is 13.0. The Balaban J connectivity index is 0.00000289. The highest BCUT2D eigenvalue weighted by atomic mass is 79.9. The van der Waals surface area contributed by atoms with E-state index in [4.69, 9.17) is 5.73 Å². The van der Waals surface area contributed by atoms with Gasteiger partial charge in [0.15, 0.2) is 0 Å². The van der Waals surface area contributed by atoms with Crippen LogP contribution in [0.2, 0.25) is 0 Å². The third kappa shape index (κ3) is 5.80. The van der Waals surface area contributed by atoms with Gasteiger partial charge in [-0.05, 0) is 46.1 Å². The first-order valence-electron chi connectivity index (χ1n) is 5.43. The van der Waals surface area contributed by atoms with E-state index in [0.717, 1.165) is 5.56 Å². The molecule has 1 unspecified atom stereocenters. The van der Waals surface area contributed by atoms with Gasteiger partial charge >= 0.3 is 0 Å². The molecule has 1 aromatic carbocycles. The molecular weight excluding hydrogens is 322 g/mol. The van der Waals surface area contributed by atoms with Crippen LogP contribution < -0.4 is 11.1 Å². The van der Waals surface area contributed by atoms with Crippen LogP contribution in [0.15, 0.2) is 22.7 Å². The molecule has 102 valence electrons. The lowest BCUT2D eigenvalue weighted by Gasteiger charge is -2.10. The standard InChI is InChI=1S/C12H16BrFN2O.ClH/c1-8(6-15)7-16-12(17)5-9-2-3-11(14)10(13)4-9;/h2-4,8H,5-7,15H2,1H3,(H,16,17);1H. The SMILES string of the molecule is CC(CN)CNC(=O)Cc1ccc(F)c(Br)c1.Cl. The molecular formula is C12H17BrClFN2O. The maximum Gasteiger partial charge on any atom is 0.224 e. The van der Waals surface area contributed by atoms with Gasteiger partial charge in [0.1, 0.15) is 5.82 Å². The van der Waals surface area contributed by atoms with Crippen molar-refractivity contribution in [1.29, 1.82) is 0 Å². The van der Waals surface area contributed by atoms with Crippen LogP contribution in [-0.2, 0) is 11.2 Å². The maximum atomic E-state index is 13.0. The van der Waals surface area contributed by atoms with E-state index in [1.54, 1.807) is 12.1 Å². The Bertz CT molecular complexity index is 404. The Morgan fingerprint density at radius 1 is 1.56 bits per heavy atom. The number of rotatable bonds is 5. The highest BCUT2D eigenvalue weighted by molar-refractivity contribution is 9.10. The molecule has 0 spiro atoms. The summed E-state index contributed by atoms with van der Waals surface area (Å²) >= 11 is 3.09. The molecule has 0 radical (unpaired) electrons. The Kier molecular flexibility index (Phi) is 8.15. The zero-order valence-corrected chi connectivity index (χ0v) is 12.5. The first-order chi connectivity index (χ1) is 8.02. The van der Waals surface area contributed by atoms with Crippen molar-refractivity contribution in [2.75, 3.05) is 13.1 Å². The van der Waals surface area contributed by atoms with Crippen LogP contribution in [0.1, 0.15) is 12.5 Å². The number of carbonyl (C=O) groups is 1. The van der Waals surface area contributed by atoms with Gasteiger partial charge in [0.25, 0.3) is 0 Å². The molecule has 0 fully saturated rings. The molecule has 0 heterocycles. The molecule has 3 nitrogen and oxygen atoms in total. The predicted molar refractivity (Wildman–Crippen MR) is 76.3 cm³/mol. The molecule has 3 N–H and O–H groups in total. The molecule has 1 amide bonds. The first-order valence-corrected chi connectivity index (χ1v) is 6.23. The van der Waals surface area contributed by atoms with Crippen molar-refractivity contribution in [2.45, 2.75) is 13.3 Å². The summed E-state index contributed by atoms with van der Waals surface area (Å²) in [6, 6.07) is 4.56. The Morgan fingerprint density at radius 2 is 2.22 bits per heavy atom. The van der Waals surface area contributed by atoms with E-state index in [2.05, 4.69) is 21.2 Å². The average Bonchev–Trinajstić information content (AvgIpc) is 2.31. The second-order valence-corrected chi connectivity index (χ2v) is 4.92. The minimum Gasteiger partial charge on any atom is -0.356 e. The van der Waals surface area contributed by atoms with Crippen LogP contribution >= 0.6 is 28.3 Å². The summed E-state index contributed by atoms with van der Waals surface area (Å²) in [5.74, 6) is -0.145. The zero-order valence-electron chi connectivity index (χ0n) is 10.1. The topological polar surface area (TPSA) is 55.1 Å². The van der Waals surface area contributed by atoms with Gasteiger partial charge in [-0.25, -0.2) is 4.39 Å². The number of amides is 1. The van der Waals surface area contributed by atoms with E-state index in [0.29, 0.717) is 17.6 Å². The minimum absolute atomic E-state index is 0. The van der Waals surface area contributed by atoms with Crippen LogP contribution in [0.3, 0.4) is 0 Å². The number of halogens is 3. The number of nitrogens with two attached hydrogens (primary N) is 1. The number of hydrogen-bond acceptors (Lipinski definition) is 2. The quantitative estimate of drug-likeness (QED) is 0.864. The van der Waals surface area contributed by atoms with Gasteiger partial charge in [-0.1, -0.05) is 13.0 Å². The molecule has 0 saturated heterocycles. The van der Waals surface area contributed by atoms with Gasteiger partial charge in [0, 0.05) is 6.54 Å². The molecule has 0 aromatic heterocycles. The Hall–Kier alpha value is -0.650. The summed E-state index contributed by atoms with van der Waals surface area (Å²) in [5, 5.41) is 2.79. The van der Waals surface area contributed by atoms with Crippen molar-refractivity contribution in [3.05, 3.63) is 34.1 Å². The lowest BCUT2D eigenvalue weighted by atomic mass is 10.1. The summed E-state index contributed by atoms with van der Waals surface area (Å²) in [6.45, 7) is 3.08. The largest absolute Gasteiger partial charge is 0.356 e. The molecule has 0 aliphatic rings. The summed E-state index contributed by atoms with van der Waals surface area (Å²) in [5.41, 5.74) is 6.22. The van der Waals surface area contributed by atoms with Crippen molar-refractivity contribution in [2.24, 2.45) is 11.7 Å². The van der Waals surface area contributed by atoms with E-state index in [9.17, 15) is 9.18 Å². The van der Waals surface area contributed by atoms with Crippen LogP contribution in [0.5, 0.6) is 0 Å². The van der Waals surface area contributed by atoms with E-state index in [-0.39, 0.29) is 36.5 Å². The number of nitrogens with one attached hydrogen (secondary N) is 1. The molecule has 1 rings (SSSR count). The molecule has 6 heteroatoms. The smallest absolute Gasteiger partial charge is 0.224 e. The molecule has 0 saturated carbocycles. The highest BCUT2D eigenvalue weighted by Crippen LogP contribution is 2.17. The van der Waals surface area contributed by atoms with Crippen molar-refractivity contribution in [3.63, 3.8) is 0 Å². The van der Waals surface area contributed by atoms with Gasteiger partial charge in [-0.3, -0.25) is 4.79 Å². The van der Waals surface area contributed by atoms with Gasteiger partial charge in [-0.2, -0.15) is 0 Å². The molecule has 0 aliphatic carbocycles. The van der Waals surface area contributed by atoms with Gasteiger partial charge in [-0.15, -0.1) is 12.4 Å². The van der Waals surface area contributed by atoms with E-state index in [1.807, 2.05) is 6.92 Å². The van der Waals surface area contributed by atoms with E-state index >= 15 is 0 Å². The Morgan fingerprint density at radius 3 is 2.78 bits per heavy atom. The van der Waals surface area contributed by atoms with Gasteiger partial charge in [0.2, 0.25) is 5.91 Å². The van der Waals surface area contributed by atoms with Crippen molar-refractivity contribution < 1.29 is 9.18 Å². The number of benzene rings is 1. The number of carbonyl (C=O) groups excluding carboxylic acids is 1. The highest BCUT2D eigenvalue weighted by Gasteiger charge is 2.07. The molecule has 0 bridgehead atoms. The van der Waals surface area contributed by atoms with Gasteiger partial charge in [0.05, 0.1) is 10.9 Å². The second kappa shape index (κ2) is 8.45. The summed E-state index contributed by atoms with van der Waals surface area (Å²) in [7, 11) is 0. The third-order valence-electron chi connectivity index (χ3n) is 2.40. The Labute approximate surface area is 121 Å². The fraction of sp³-hybridized carbons (Fsp3) is 0.417. The van der Waals surface area contributed by atoms with Crippen molar-refractivity contribution >= 4 is 34.2 Å². The monoisotopic (exact) mass is 338 g/mol. The lowest BCUT2D eigenvalue weighted by Crippen LogP contribution is -2.32. The normalized spacial score (nSPS) is 11.6. The molecule has 0 aliphatic heterocycles. The second-order valence-electron chi connectivity index (χ2n) is 4.07. The van der Waals surface area contributed by atoms with Crippen molar-refractivity contribution in [3.8, 4) is 0 Å². The van der Waals surface area contributed by atoms with Crippen LogP contribution in [0, 0.1) is 11.7 Å². The summed E-state index contributed by atoms with van der Waals surface area (Å²) < 4.78 is 13.3. The van der Waals surface area contributed by atoms with Crippen LogP contribution in [0.4, 0.5) is 4.39 Å². The molecule has 1 aromatic rings. The lowest BCUT2D eigenvalue weighted by molar-refractivity contribution is -0.120. The average molecular weight is 340 g/mol. The first kappa shape index (κ1) is 17.4. The van der Waals surface area contributed by atoms with E-state index in [1.165, 1.54) is 6.07 Å². The van der Waals surface area contributed by atoms with Crippen molar-refractivity contribution in [1.82, 2.24) is 5.32 Å². The predicted octanol–water partition coefficient (Wildman–Crippen LogP) is 2.26. The summed E-state index contributed by atoms with van der Waals surface area (Å²) in [6.07, 6.45) is 0.246. The molecule has 18 heavy (non-hydrogen) atoms. The van der Waals surface area contributed by atoms with E-state index < -0.39 is 0 Å². The molecule has 1 atom stereocenters. The minimum atomic E-state index is -0.328. The fourth-order valence-electron chi connectivity index (χ4n) is 1.27. The van der Waals surface area contributed by atoms with Crippen LogP contribution in [0.25, 0.3) is 0 Å². The summed E-state index contributed by atoms with van der Waals surface area (Å²) in [4.78, 5) is 11.6. The zero-order chi connectivity index (χ0) is 12.8. The van der Waals surface area contributed by atoms with Crippen LogP contribution in [-0.4, -0.2) is 19.0 Å². The van der Waals surface area contributed by atoms with Gasteiger partial charge < -0.3 is 11.1 Å². The number of hydrogen-bond donors (Lipinski definition) is 2. The fourth-order valence-corrected chi connectivity index (χ4v) is 1.70.